The maximum atomic E-state index is 12.5. The zero-order chi connectivity index (χ0) is 17.5. The molecule has 0 unspecified atom stereocenters. The van der Waals surface area contributed by atoms with Crippen LogP contribution in [0.2, 0.25) is 0 Å². The molecule has 1 saturated carbocycles. The van der Waals surface area contributed by atoms with Crippen LogP contribution in [0.3, 0.4) is 0 Å². The summed E-state index contributed by atoms with van der Waals surface area (Å²) >= 11 is 0. The maximum Gasteiger partial charge on any atom is 0.227 e. The van der Waals surface area contributed by atoms with Crippen molar-refractivity contribution in [3.05, 3.63) is 65.7 Å². The van der Waals surface area contributed by atoms with Crippen LogP contribution in [0.25, 0.3) is 0 Å². The number of nitrogens with two attached hydrogens (primary N) is 1. The van der Waals surface area contributed by atoms with Gasteiger partial charge in [0.1, 0.15) is 12.4 Å². The molecule has 0 saturated heterocycles. The summed E-state index contributed by atoms with van der Waals surface area (Å²) in [4.78, 5) is 12.5. The number of carbonyl (C=O) groups excluding carboxylic acids is 1. The van der Waals surface area contributed by atoms with Gasteiger partial charge in [-0.25, -0.2) is 0 Å². The molecule has 132 valence electrons. The third kappa shape index (κ3) is 4.40. The van der Waals surface area contributed by atoms with E-state index in [-0.39, 0.29) is 11.3 Å². The minimum atomic E-state index is -0.348. The first-order chi connectivity index (χ1) is 12.2. The quantitative estimate of drug-likeness (QED) is 0.813. The molecule has 2 aromatic rings. The molecule has 0 bridgehead atoms. The van der Waals surface area contributed by atoms with Gasteiger partial charge in [0.2, 0.25) is 5.91 Å². The Balaban J connectivity index is 1.50. The van der Waals surface area contributed by atoms with Gasteiger partial charge in [0, 0.05) is 13.1 Å². The van der Waals surface area contributed by atoms with Gasteiger partial charge >= 0.3 is 0 Å². The van der Waals surface area contributed by atoms with Crippen LogP contribution in [0.4, 0.5) is 0 Å². The predicted octanol–water partition coefficient (Wildman–Crippen LogP) is 3.40. The van der Waals surface area contributed by atoms with Crippen molar-refractivity contribution in [3.63, 3.8) is 0 Å². The van der Waals surface area contributed by atoms with Gasteiger partial charge in [-0.2, -0.15) is 0 Å². The lowest BCUT2D eigenvalue weighted by Gasteiger charge is -2.25. The highest BCUT2D eigenvalue weighted by Gasteiger charge is 2.39. The molecule has 0 aromatic heterocycles. The molecule has 2 aromatic carbocycles. The lowest BCUT2D eigenvalue weighted by molar-refractivity contribution is -0.130. The molecule has 1 amide bonds. The van der Waals surface area contributed by atoms with Crippen LogP contribution in [-0.2, 0) is 17.9 Å². The Labute approximate surface area is 149 Å². The Kier molecular flexibility index (Phi) is 5.71. The van der Waals surface area contributed by atoms with Crippen molar-refractivity contribution in [1.29, 1.82) is 0 Å². The smallest absolute Gasteiger partial charge is 0.227 e. The molecule has 1 fully saturated rings. The summed E-state index contributed by atoms with van der Waals surface area (Å²) in [6.45, 7) is 1.51. The van der Waals surface area contributed by atoms with Gasteiger partial charge < -0.3 is 15.8 Å². The Morgan fingerprint density at radius 2 is 1.68 bits per heavy atom. The number of amides is 1. The Morgan fingerprint density at radius 3 is 2.32 bits per heavy atom. The molecular weight excluding hydrogens is 312 g/mol. The topological polar surface area (TPSA) is 64.4 Å². The molecule has 3 N–H and O–H groups in total. The maximum absolute atomic E-state index is 12.5. The van der Waals surface area contributed by atoms with Crippen molar-refractivity contribution in [2.24, 2.45) is 11.1 Å². The minimum Gasteiger partial charge on any atom is -0.489 e. The zero-order valence-corrected chi connectivity index (χ0v) is 14.5. The van der Waals surface area contributed by atoms with E-state index in [2.05, 4.69) is 5.32 Å². The molecule has 0 spiro atoms. The lowest BCUT2D eigenvalue weighted by atomic mass is 9.85. The summed E-state index contributed by atoms with van der Waals surface area (Å²) in [6.07, 6.45) is 4.00. The fourth-order valence-corrected chi connectivity index (χ4v) is 3.39. The minimum absolute atomic E-state index is 0.0944. The van der Waals surface area contributed by atoms with Gasteiger partial charge in [-0.05, 0) is 36.1 Å². The van der Waals surface area contributed by atoms with Crippen LogP contribution in [-0.4, -0.2) is 12.5 Å². The van der Waals surface area contributed by atoms with E-state index in [1.54, 1.807) is 0 Å². The third-order valence-corrected chi connectivity index (χ3v) is 5.06. The fourth-order valence-electron chi connectivity index (χ4n) is 3.39. The highest BCUT2D eigenvalue weighted by molar-refractivity contribution is 5.83. The van der Waals surface area contributed by atoms with Crippen molar-refractivity contribution in [2.45, 2.75) is 38.8 Å². The Morgan fingerprint density at radius 1 is 1.00 bits per heavy atom. The summed E-state index contributed by atoms with van der Waals surface area (Å²) in [5.41, 5.74) is 7.72. The number of rotatable bonds is 7. The second-order valence-electron chi connectivity index (χ2n) is 6.79. The number of benzene rings is 2. The average molecular weight is 338 g/mol. The van der Waals surface area contributed by atoms with Gasteiger partial charge in [-0.15, -0.1) is 0 Å². The Hall–Kier alpha value is -2.33. The van der Waals surface area contributed by atoms with Gasteiger partial charge in [0.05, 0.1) is 5.41 Å². The molecule has 4 heteroatoms. The summed E-state index contributed by atoms with van der Waals surface area (Å²) in [6, 6.07) is 17.9. The number of carbonyl (C=O) groups is 1. The fraction of sp³-hybridized carbons (Fsp3) is 0.381. The summed E-state index contributed by atoms with van der Waals surface area (Å²) in [5, 5.41) is 3.05. The summed E-state index contributed by atoms with van der Waals surface area (Å²) in [5.74, 6) is 0.921. The molecular formula is C21H26N2O2. The predicted molar refractivity (Wildman–Crippen MR) is 99.0 cm³/mol. The van der Waals surface area contributed by atoms with Gasteiger partial charge in [-0.3, -0.25) is 4.79 Å². The molecule has 0 heterocycles. The van der Waals surface area contributed by atoms with E-state index in [1.165, 1.54) is 0 Å². The number of nitrogens with one attached hydrogen (secondary N) is 1. The van der Waals surface area contributed by atoms with E-state index in [9.17, 15) is 4.79 Å². The molecule has 0 aliphatic heterocycles. The van der Waals surface area contributed by atoms with Crippen LogP contribution in [0.15, 0.2) is 54.6 Å². The first kappa shape index (κ1) is 17.5. The van der Waals surface area contributed by atoms with E-state index in [0.29, 0.717) is 19.7 Å². The monoisotopic (exact) mass is 338 g/mol. The van der Waals surface area contributed by atoms with Crippen molar-refractivity contribution in [2.75, 3.05) is 6.54 Å². The SMILES string of the molecule is NCC1(C(=O)NCc2ccc(OCc3ccccc3)cc2)CCCC1. The van der Waals surface area contributed by atoms with E-state index < -0.39 is 0 Å². The molecule has 1 aliphatic rings. The van der Waals surface area contributed by atoms with E-state index in [1.807, 2.05) is 54.6 Å². The van der Waals surface area contributed by atoms with Crippen LogP contribution in [0.1, 0.15) is 36.8 Å². The average Bonchev–Trinajstić information content (AvgIpc) is 3.16. The largest absolute Gasteiger partial charge is 0.489 e. The summed E-state index contributed by atoms with van der Waals surface area (Å²) in [7, 11) is 0. The van der Waals surface area contributed by atoms with Crippen molar-refractivity contribution >= 4 is 5.91 Å². The van der Waals surface area contributed by atoms with Crippen LogP contribution < -0.4 is 15.8 Å². The number of ether oxygens (including phenoxy) is 1. The molecule has 1 aliphatic carbocycles. The van der Waals surface area contributed by atoms with Gasteiger partial charge in [0.15, 0.2) is 0 Å². The van der Waals surface area contributed by atoms with E-state index in [4.69, 9.17) is 10.5 Å². The molecule has 4 nitrogen and oxygen atoms in total. The lowest BCUT2D eigenvalue weighted by Crippen LogP contribution is -2.43. The second kappa shape index (κ2) is 8.17. The highest BCUT2D eigenvalue weighted by atomic mass is 16.5. The van der Waals surface area contributed by atoms with Crippen molar-refractivity contribution < 1.29 is 9.53 Å². The standard InChI is InChI=1S/C21H26N2O2/c22-16-21(12-4-5-13-21)20(24)23-14-17-8-10-19(11-9-17)25-15-18-6-2-1-3-7-18/h1-3,6-11H,4-5,12-16,22H2,(H,23,24). The first-order valence-electron chi connectivity index (χ1n) is 8.96. The third-order valence-electron chi connectivity index (χ3n) is 5.06. The zero-order valence-electron chi connectivity index (χ0n) is 14.5. The van der Waals surface area contributed by atoms with Crippen molar-refractivity contribution in [3.8, 4) is 5.75 Å². The summed E-state index contributed by atoms with van der Waals surface area (Å²) < 4.78 is 5.78. The van der Waals surface area contributed by atoms with Crippen molar-refractivity contribution in [1.82, 2.24) is 5.32 Å². The van der Waals surface area contributed by atoms with Gasteiger partial charge in [-0.1, -0.05) is 55.3 Å². The molecule has 0 radical (unpaired) electrons. The van der Waals surface area contributed by atoms with Crippen LogP contribution in [0, 0.1) is 5.41 Å². The van der Waals surface area contributed by atoms with Crippen LogP contribution in [0.5, 0.6) is 5.75 Å². The second-order valence-corrected chi connectivity index (χ2v) is 6.79. The van der Waals surface area contributed by atoms with E-state index >= 15 is 0 Å². The molecule has 0 atom stereocenters. The molecule has 25 heavy (non-hydrogen) atoms. The molecule has 3 rings (SSSR count). The van der Waals surface area contributed by atoms with Crippen LogP contribution >= 0.6 is 0 Å². The van der Waals surface area contributed by atoms with E-state index in [0.717, 1.165) is 42.6 Å². The normalized spacial score (nSPS) is 15.7. The van der Waals surface area contributed by atoms with Gasteiger partial charge in [0.25, 0.3) is 0 Å². The highest BCUT2D eigenvalue weighted by Crippen LogP contribution is 2.37. The number of hydrogen-bond acceptors (Lipinski definition) is 3. The number of hydrogen-bond donors (Lipinski definition) is 2. The first-order valence-corrected chi connectivity index (χ1v) is 8.96. The Bertz CT molecular complexity index is 677.